The van der Waals surface area contributed by atoms with E-state index in [4.69, 9.17) is 9.47 Å². The summed E-state index contributed by atoms with van der Waals surface area (Å²) in [7, 11) is -3.66. The Morgan fingerprint density at radius 3 is 2.38 bits per heavy atom. The van der Waals surface area contributed by atoms with Crippen molar-refractivity contribution in [2.45, 2.75) is 64.0 Å². The van der Waals surface area contributed by atoms with Crippen molar-refractivity contribution in [3.8, 4) is 0 Å². The summed E-state index contributed by atoms with van der Waals surface area (Å²) in [6, 6.07) is 7.39. The van der Waals surface area contributed by atoms with Crippen LogP contribution in [0.15, 0.2) is 24.3 Å². The third-order valence-corrected chi connectivity index (χ3v) is 7.45. The summed E-state index contributed by atoms with van der Waals surface area (Å²) in [4.78, 5) is 26.4. The van der Waals surface area contributed by atoms with E-state index in [9.17, 15) is 18.0 Å². The van der Waals surface area contributed by atoms with Crippen LogP contribution in [-0.4, -0.2) is 67.8 Å². The first kappa shape index (κ1) is 24.5. The fourth-order valence-corrected chi connectivity index (χ4v) is 5.82. The second-order valence-electron chi connectivity index (χ2n) is 9.67. The van der Waals surface area contributed by atoms with Crippen LogP contribution < -0.4 is 0 Å². The average molecular weight is 467 g/mol. The van der Waals surface area contributed by atoms with Gasteiger partial charge in [0.1, 0.15) is 12.1 Å². The van der Waals surface area contributed by atoms with Crippen molar-refractivity contribution in [3.63, 3.8) is 0 Å². The van der Waals surface area contributed by atoms with E-state index in [1.807, 2.05) is 45.0 Å². The fraction of sp³-hybridized carbons (Fsp3) is 0.652. The predicted molar refractivity (Wildman–Crippen MR) is 121 cm³/mol. The molecular weight excluding hydrogens is 432 g/mol. The number of esters is 1. The number of piperidine rings is 1. The topological polar surface area (TPSA) is 93.2 Å². The number of rotatable bonds is 5. The number of carbonyl (C=O) groups excluding carboxylic acids is 2. The number of benzene rings is 1. The van der Waals surface area contributed by atoms with Gasteiger partial charge < -0.3 is 14.4 Å². The zero-order valence-electron chi connectivity index (χ0n) is 19.6. The van der Waals surface area contributed by atoms with Crippen LogP contribution in [0, 0.1) is 0 Å². The lowest BCUT2D eigenvalue weighted by Gasteiger charge is -2.41. The third-order valence-electron chi connectivity index (χ3n) is 6.21. The monoisotopic (exact) mass is 466 g/mol. The molecule has 2 aliphatic rings. The van der Waals surface area contributed by atoms with Crippen LogP contribution in [0.4, 0.5) is 4.79 Å². The van der Waals surface area contributed by atoms with Gasteiger partial charge in [-0.1, -0.05) is 24.3 Å². The lowest BCUT2D eigenvalue weighted by molar-refractivity contribution is -0.143. The minimum atomic E-state index is -3.66. The van der Waals surface area contributed by atoms with Gasteiger partial charge in [-0.05, 0) is 58.1 Å². The predicted octanol–water partition coefficient (Wildman–Crippen LogP) is 3.22. The summed E-state index contributed by atoms with van der Waals surface area (Å²) in [5.74, 6) is -0.559. The summed E-state index contributed by atoms with van der Waals surface area (Å²) in [5, 5.41) is 0. The van der Waals surface area contributed by atoms with E-state index in [2.05, 4.69) is 0 Å². The van der Waals surface area contributed by atoms with E-state index in [0.29, 0.717) is 32.4 Å². The van der Waals surface area contributed by atoms with Gasteiger partial charge in [0.05, 0.1) is 18.9 Å². The van der Waals surface area contributed by atoms with E-state index in [-0.39, 0.29) is 24.7 Å². The Labute approximate surface area is 190 Å². The number of carbonyl (C=O) groups is 2. The zero-order valence-corrected chi connectivity index (χ0v) is 20.4. The van der Waals surface area contributed by atoms with Gasteiger partial charge in [-0.2, -0.15) is 4.31 Å². The van der Waals surface area contributed by atoms with Crippen molar-refractivity contribution < 1.29 is 27.5 Å². The molecule has 3 rings (SSSR count). The molecule has 0 saturated carbocycles. The molecule has 178 valence electrons. The average Bonchev–Trinajstić information content (AvgIpc) is 2.99. The first-order valence-corrected chi connectivity index (χ1v) is 12.9. The van der Waals surface area contributed by atoms with Crippen LogP contribution >= 0.6 is 0 Å². The molecule has 1 aromatic carbocycles. The van der Waals surface area contributed by atoms with Crippen molar-refractivity contribution in [1.82, 2.24) is 9.21 Å². The maximum absolute atomic E-state index is 12.7. The normalized spacial score (nSPS) is 20.3. The molecule has 1 atom stereocenters. The van der Waals surface area contributed by atoms with Crippen LogP contribution in [-0.2, 0) is 29.7 Å². The van der Waals surface area contributed by atoms with Crippen molar-refractivity contribution >= 4 is 22.1 Å². The first-order valence-electron chi connectivity index (χ1n) is 11.1. The Balaban J connectivity index is 1.85. The smallest absolute Gasteiger partial charge is 0.410 e. The van der Waals surface area contributed by atoms with Crippen molar-refractivity contribution in [2.75, 3.05) is 32.5 Å². The van der Waals surface area contributed by atoms with E-state index in [0.717, 1.165) is 17.4 Å². The van der Waals surface area contributed by atoms with E-state index >= 15 is 0 Å². The van der Waals surface area contributed by atoms with Gasteiger partial charge >= 0.3 is 12.1 Å². The molecule has 9 heteroatoms. The standard InChI is InChI=1S/C23H34N2O6S/c1-6-30-20(26)16-25(32(5,28)29)19-15-23(18-10-8-7-9-17(18)19)11-13-24(14-12-23)21(27)31-22(2,3)4/h7-10,19H,6,11-16H2,1-5H3. The molecule has 0 bridgehead atoms. The van der Waals surface area contributed by atoms with Gasteiger partial charge in [0.2, 0.25) is 10.0 Å². The molecule has 1 fully saturated rings. The molecule has 32 heavy (non-hydrogen) atoms. The highest BCUT2D eigenvalue weighted by atomic mass is 32.2. The highest BCUT2D eigenvalue weighted by Crippen LogP contribution is 2.53. The Morgan fingerprint density at radius 2 is 1.81 bits per heavy atom. The number of fused-ring (bicyclic) bond motifs is 2. The summed E-state index contributed by atoms with van der Waals surface area (Å²) >= 11 is 0. The Kier molecular flexibility index (Phi) is 6.91. The first-order chi connectivity index (χ1) is 14.9. The molecular formula is C23H34N2O6S. The number of ether oxygens (including phenoxy) is 2. The lowest BCUT2D eigenvalue weighted by Crippen LogP contribution is -2.46. The van der Waals surface area contributed by atoms with Gasteiger partial charge in [-0.15, -0.1) is 0 Å². The Morgan fingerprint density at radius 1 is 1.19 bits per heavy atom. The van der Waals surface area contributed by atoms with Crippen molar-refractivity contribution in [1.29, 1.82) is 0 Å². The maximum Gasteiger partial charge on any atom is 0.410 e. The summed E-state index contributed by atoms with van der Waals surface area (Å²) in [6.07, 6.45) is 2.79. The van der Waals surface area contributed by atoms with Crippen LogP contribution in [0.2, 0.25) is 0 Å². The lowest BCUT2D eigenvalue weighted by atomic mass is 9.73. The molecule has 1 aliphatic carbocycles. The second kappa shape index (κ2) is 9.02. The SMILES string of the molecule is CCOC(=O)CN(C1CC2(CCN(C(=O)OC(C)(C)C)CC2)c2ccccc21)S(C)(=O)=O. The molecule has 1 amide bonds. The Bertz CT molecular complexity index is 961. The molecule has 8 nitrogen and oxygen atoms in total. The third kappa shape index (κ3) is 5.26. The number of hydrogen-bond acceptors (Lipinski definition) is 6. The van der Waals surface area contributed by atoms with Gasteiger partial charge in [0, 0.05) is 18.5 Å². The van der Waals surface area contributed by atoms with E-state index in [1.165, 1.54) is 4.31 Å². The summed E-state index contributed by atoms with van der Waals surface area (Å²) < 4.78 is 37.1. The van der Waals surface area contributed by atoms with Gasteiger partial charge in [0.15, 0.2) is 0 Å². The molecule has 0 N–H and O–H groups in total. The highest BCUT2D eigenvalue weighted by molar-refractivity contribution is 7.88. The summed E-state index contributed by atoms with van der Waals surface area (Å²) in [5.41, 5.74) is 1.22. The van der Waals surface area contributed by atoms with Gasteiger partial charge in [0.25, 0.3) is 0 Å². The fourth-order valence-electron chi connectivity index (χ4n) is 4.83. The number of likely N-dealkylation sites (tertiary alicyclic amines) is 1. The molecule has 1 aromatic rings. The molecule has 1 spiro atoms. The number of amides is 1. The van der Waals surface area contributed by atoms with E-state index in [1.54, 1.807) is 11.8 Å². The molecule has 1 aliphatic heterocycles. The number of nitrogens with zero attached hydrogens (tertiary/aromatic N) is 2. The molecule has 0 radical (unpaired) electrons. The minimum Gasteiger partial charge on any atom is -0.465 e. The quantitative estimate of drug-likeness (QED) is 0.619. The zero-order chi connectivity index (χ0) is 23.7. The van der Waals surface area contributed by atoms with Crippen LogP contribution in [0.5, 0.6) is 0 Å². The van der Waals surface area contributed by atoms with Crippen LogP contribution in [0.3, 0.4) is 0 Å². The van der Waals surface area contributed by atoms with Gasteiger partial charge in [-0.3, -0.25) is 4.79 Å². The van der Waals surface area contributed by atoms with Crippen molar-refractivity contribution in [3.05, 3.63) is 35.4 Å². The molecule has 1 heterocycles. The minimum absolute atomic E-state index is 0.197. The number of sulfonamides is 1. The summed E-state index contributed by atoms with van der Waals surface area (Å²) in [6.45, 7) is 8.18. The van der Waals surface area contributed by atoms with E-state index < -0.39 is 27.6 Å². The molecule has 1 unspecified atom stereocenters. The largest absolute Gasteiger partial charge is 0.465 e. The molecule has 0 aromatic heterocycles. The van der Waals surface area contributed by atoms with Crippen LogP contribution in [0.1, 0.15) is 64.1 Å². The van der Waals surface area contributed by atoms with Crippen molar-refractivity contribution in [2.24, 2.45) is 0 Å². The highest BCUT2D eigenvalue weighted by Gasteiger charge is 2.49. The second-order valence-corrected chi connectivity index (χ2v) is 11.6. The maximum atomic E-state index is 12.7. The number of hydrogen-bond donors (Lipinski definition) is 0. The Hall–Kier alpha value is -2.13. The molecule has 1 saturated heterocycles. The van der Waals surface area contributed by atoms with Gasteiger partial charge in [-0.25, -0.2) is 13.2 Å². The van der Waals surface area contributed by atoms with Crippen LogP contribution in [0.25, 0.3) is 0 Å².